The minimum absolute atomic E-state index is 0.0567. The maximum Gasteiger partial charge on any atom is 0.266 e. The van der Waals surface area contributed by atoms with Gasteiger partial charge in [-0.15, -0.1) is 0 Å². The van der Waals surface area contributed by atoms with E-state index in [2.05, 4.69) is 4.98 Å². The number of aliphatic hydroxyl groups is 1. The molecule has 0 fully saturated rings. The zero-order chi connectivity index (χ0) is 12.3. The molecule has 0 spiro atoms. The maximum atomic E-state index is 11.4. The van der Waals surface area contributed by atoms with Crippen LogP contribution in [0.2, 0.25) is 0 Å². The van der Waals surface area contributed by atoms with Crippen LogP contribution in [0, 0.1) is 11.3 Å². The van der Waals surface area contributed by atoms with Crippen LogP contribution in [0.3, 0.4) is 0 Å². The van der Waals surface area contributed by atoms with Crippen molar-refractivity contribution in [3.63, 3.8) is 0 Å². The predicted molar refractivity (Wildman–Crippen MR) is 59.1 cm³/mol. The van der Waals surface area contributed by atoms with E-state index in [1.165, 1.54) is 12.3 Å². The molecule has 0 saturated heterocycles. The van der Waals surface area contributed by atoms with Crippen LogP contribution in [-0.2, 0) is 6.42 Å². The molecule has 0 radical (unpaired) electrons. The van der Waals surface area contributed by atoms with Crippen molar-refractivity contribution >= 4 is 0 Å². The molecule has 17 heavy (non-hydrogen) atoms. The van der Waals surface area contributed by atoms with Crippen LogP contribution < -0.4 is 5.56 Å². The average molecular weight is 230 g/mol. The van der Waals surface area contributed by atoms with Gasteiger partial charge in [-0.1, -0.05) is 0 Å². The quantitative estimate of drug-likeness (QED) is 0.826. The molecule has 2 rings (SSSR count). The van der Waals surface area contributed by atoms with Gasteiger partial charge in [0.1, 0.15) is 23.5 Å². The monoisotopic (exact) mass is 230 g/mol. The number of aromatic amines is 1. The Morgan fingerprint density at radius 3 is 2.88 bits per heavy atom. The smallest absolute Gasteiger partial charge is 0.266 e. The van der Waals surface area contributed by atoms with Crippen molar-refractivity contribution < 1.29 is 9.52 Å². The van der Waals surface area contributed by atoms with E-state index in [-0.39, 0.29) is 12.0 Å². The number of nitriles is 1. The summed E-state index contributed by atoms with van der Waals surface area (Å²) in [6.07, 6.45) is 0.891. The first-order valence-corrected chi connectivity index (χ1v) is 5.04. The Bertz CT molecular complexity index is 593. The van der Waals surface area contributed by atoms with Gasteiger partial charge in [0.25, 0.3) is 5.56 Å². The number of furan rings is 1. The minimum Gasteiger partial charge on any atom is -0.467 e. The normalized spacial score (nSPS) is 12.0. The molecule has 0 saturated carbocycles. The highest BCUT2D eigenvalue weighted by atomic mass is 16.4. The summed E-state index contributed by atoms with van der Waals surface area (Å²) < 4.78 is 5.05. The second kappa shape index (κ2) is 4.68. The van der Waals surface area contributed by atoms with Gasteiger partial charge in [-0.25, -0.2) is 0 Å². The molecule has 2 aromatic heterocycles. The van der Waals surface area contributed by atoms with Crippen LogP contribution in [0.15, 0.2) is 39.7 Å². The summed E-state index contributed by atoms with van der Waals surface area (Å²) in [5.74, 6) is 0.440. The third-order valence-electron chi connectivity index (χ3n) is 2.38. The summed E-state index contributed by atoms with van der Waals surface area (Å²) >= 11 is 0. The van der Waals surface area contributed by atoms with Crippen molar-refractivity contribution in [3.05, 3.63) is 57.9 Å². The van der Waals surface area contributed by atoms with Crippen molar-refractivity contribution in [2.45, 2.75) is 12.5 Å². The molecule has 0 aliphatic carbocycles. The van der Waals surface area contributed by atoms with Crippen molar-refractivity contribution in [2.24, 2.45) is 0 Å². The van der Waals surface area contributed by atoms with Gasteiger partial charge in [-0.3, -0.25) is 4.79 Å². The summed E-state index contributed by atoms with van der Waals surface area (Å²) in [6.45, 7) is 0. The topological polar surface area (TPSA) is 90.0 Å². The molecule has 1 atom stereocenters. The number of H-pyrrole nitrogens is 1. The zero-order valence-corrected chi connectivity index (χ0v) is 8.88. The highest BCUT2D eigenvalue weighted by molar-refractivity contribution is 5.26. The van der Waals surface area contributed by atoms with E-state index in [1.54, 1.807) is 24.3 Å². The second-order valence-electron chi connectivity index (χ2n) is 3.57. The van der Waals surface area contributed by atoms with Gasteiger partial charge in [0, 0.05) is 12.1 Å². The number of aliphatic hydroxyl groups excluding tert-OH is 1. The van der Waals surface area contributed by atoms with Gasteiger partial charge < -0.3 is 14.5 Å². The zero-order valence-electron chi connectivity index (χ0n) is 8.88. The van der Waals surface area contributed by atoms with Gasteiger partial charge in [0.05, 0.1) is 6.26 Å². The van der Waals surface area contributed by atoms with E-state index in [0.717, 1.165) is 0 Å². The number of nitrogens with zero attached hydrogens (tertiary/aromatic N) is 1. The van der Waals surface area contributed by atoms with E-state index in [4.69, 9.17) is 9.68 Å². The van der Waals surface area contributed by atoms with Gasteiger partial charge in [0.15, 0.2) is 0 Å². The standard InChI is InChI=1S/C12H10N2O3/c13-7-8-3-4-9(14-12(8)16)6-10(15)11-2-1-5-17-11/h1-5,10,15H,6H2,(H,14,16). The fraction of sp³-hybridized carbons (Fsp3) is 0.167. The SMILES string of the molecule is N#Cc1ccc(CC(O)c2ccco2)[nH]c1=O. The Labute approximate surface area is 96.9 Å². The number of aromatic nitrogens is 1. The molecular formula is C12H10N2O3. The molecule has 0 bridgehead atoms. The Balaban J connectivity index is 2.18. The number of pyridine rings is 1. The lowest BCUT2D eigenvalue weighted by atomic mass is 10.1. The van der Waals surface area contributed by atoms with Crippen molar-refractivity contribution in [3.8, 4) is 6.07 Å². The Morgan fingerprint density at radius 1 is 1.47 bits per heavy atom. The molecular weight excluding hydrogens is 220 g/mol. The van der Waals surface area contributed by atoms with Crippen LogP contribution in [-0.4, -0.2) is 10.1 Å². The molecule has 2 heterocycles. The summed E-state index contributed by atoms with van der Waals surface area (Å²) in [5.41, 5.74) is 0.163. The number of hydrogen-bond acceptors (Lipinski definition) is 4. The third-order valence-corrected chi connectivity index (χ3v) is 2.38. The first kappa shape index (κ1) is 11.2. The van der Waals surface area contributed by atoms with Crippen LogP contribution in [0.5, 0.6) is 0 Å². The molecule has 0 aliphatic heterocycles. The van der Waals surface area contributed by atoms with Gasteiger partial charge in [-0.2, -0.15) is 5.26 Å². The Hall–Kier alpha value is -2.32. The van der Waals surface area contributed by atoms with Crippen molar-refractivity contribution in [1.82, 2.24) is 4.98 Å². The number of nitrogens with one attached hydrogen (secondary N) is 1. The van der Waals surface area contributed by atoms with Crippen molar-refractivity contribution in [2.75, 3.05) is 0 Å². The summed E-state index contributed by atoms with van der Waals surface area (Å²) in [6, 6.07) is 8.16. The molecule has 0 aromatic carbocycles. The minimum atomic E-state index is -0.811. The van der Waals surface area contributed by atoms with E-state index >= 15 is 0 Å². The van der Waals surface area contributed by atoms with Gasteiger partial charge >= 0.3 is 0 Å². The second-order valence-corrected chi connectivity index (χ2v) is 3.57. The lowest BCUT2D eigenvalue weighted by molar-refractivity contribution is 0.149. The number of rotatable bonds is 3. The number of hydrogen-bond donors (Lipinski definition) is 2. The predicted octanol–water partition coefficient (Wildman–Crippen LogP) is 1.12. The first-order valence-electron chi connectivity index (χ1n) is 5.04. The average Bonchev–Trinajstić information content (AvgIpc) is 2.82. The molecule has 2 N–H and O–H groups in total. The van der Waals surface area contributed by atoms with Gasteiger partial charge in [0.2, 0.25) is 0 Å². The van der Waals surface area contributed by atoms with Crippen LogP contribution in [0.25, 0.3) is 0 Å². The Kier molecular flexibility index (Phi) is 3.08. The lowest BCUT2D eigenvalue weighted by Gasteiger charge is -2.07. The molecule has 86 valence electrons. The summed E-state index contributed by atoms with van der Waals surface area (Å²) in [4.78, 5) is 13.9. The molecule has 5 heteroatoms. The van der Waals surface area contributed by atoms with E-state index in [1.807, 2.05) is 0 Å². The third kappa shape index (κ3) is 2.44. The maximum absolute atomic E-state index is 11.4. The highest BCUT2D eigenvalue weighted by Crippen LogP contribution is 2.16. The molecule has 0 aliphatic rings. The molecule has 0 amide bonds. The van der Waals surface area contributed by atoms with Crippen LogP contribution >= 0.6 is 0 Å². The molecule has 2 aromatic rings. The Morgan fingerprint density at radius 2 is 2.29 bits per heavy atom. The lowest BCUT2D eigenvalue weighted by Crippen LogP contribution is -2.13. The fourth-order valence-corrected chi connectivity index (χ4v) is 1.51. The fourth-order valence-electron chi connectivity index (χ4n) is 1.51. The van der Waals surface area contributed by atoms with Crippen molar-refractivity contribution in [1.29, 1.82) is 5.26 Å². The molecule has 5 nitrogen and oxygen atoms in total. The van der Waals surface area contributed by atoms with E-state index in [9.17, 15) is 9.90 Å². The van der Waals surface area contributed by atoms with Gasteiger partial charge in [-0.05, 0) is 24.3 Å². The summed E-state index contributed by atoms with van der Waals surface area (Å²) in [7, 11) is 0. The first-order chi connectivity index (χ1) is 8.20. The van der Waals surface area contributed by atoms with Crippen LogP contribution in [0.1, 0.15) is 23.1 Å². The largest absolute Gasteiger partial charge is 0.467 e. The molecule has 1 unspecified atom stereocenters. The van der Waals surface area contributed by atoms with Crippen LogP contribution in [0.4, 0.5) is 0 Å². The van der Waals surface area contributed by atoms with E-state index in [0.29, 0.717) is 11.5 Å². The van der Waals surface area contributed by atoms with E-state index < -0.39 is 11.7 Å². The summed E-state index contributed by atoms with van der Waals surface area (Å²) in [5, 5.41) is 18.4. The highest BCUT2D eigenvalue weighted by Gasteiger charge is 2.12.